The van der Waals surface area contributed by atoms with E-state index in [2.05, 4.69) is 36.0 Å². The molecule has 0 aliphatic heterocycles. The molecule has 0 fully saturated rings. The quantitative estimate of drug-likeness (QED) is 0.544. The number of alkyl halides is 3. The molecule has 148 valence electrons. The van der Waals surface area contributed by atoms with Crippen LogP contribution in [-0.4, -0.2) is 47.3 Å². The van der Waals surface area contributed by atoms with Crippen molar-refractivity contribution in [2.24, 2.45) is 12.0 Å². The Kier molecular flexibility index (Phi) is 7.11. The van der Waals surface area contributed by atoms with Gasteiger partial charge in [0.25, 0.3) is 0 Å². The Morgan fingerprint density at radius 3 is 2.74 bits per heavy atom. The van der Waals surface area contributed by atoms with E-state index in [0.717, 1.165) is 15.7 Å². The Hall–Kier alpha value is -2.23. The summed E-state index contributed by atoms with van der Waals surface area (Å²) in [6.07, 6.45) is -1.01. The minimum Gasteiger partial charge on any atom is -0.468 e. The third-order valence-corrected chi connectivity index (χ3v) is 4.11. The summed E-state index contributed by atoms with van der Waals surface area (Å²) in [5.41, 5.74) is 1.83. The number of nitrogens with zero attached hydrogens (tertiary/aromatic N) is 4. The first-order valence-corrected chi connectivity index (χ1v) is 8.84. The normalized spacial score (nSPS) is 12.2. The number of ether oxygens (including phenoxy) is 1. The Labute approximate surface area is 164 Å². The van der Waals surface area contributed by atoms with Gasteiger partial charge in [0.1, 0.15) is 0 Å². The molecule has 0 amide bonds. The molecule has 1 N–H and O–H groups in total. The van der Waals surface area contributed by atoms with Crippen molar-refractivity contribution < 1.29 is 17.9 Å². The minimum atomic E-state index is -4.40. The van der Waals surface area contributed by atoms with Crippen LogP contribution in [-0.2, 0) is 20.1 Å². The van der Waals surface area contributed by atoms with Crippen LogP contribution in [0.25, 0.3) is 0 Å². The van der Waals surface area contributed by atoms with Gasteiger partial charge >= 0.3 is 6.18 Å². The lowest BCUT2D eigenvalue weighted by Gasteiger charge is -2.22. The lowest BCUT2D eigenvalue weighted by Crippen LogP contribution is -2.38. The van der Waals surface area contributed by atoms with Gasteiger partial charge in [0, 0.05) is 56.3 Å². The van der Waals surface area contributed by atoms with Gasteiger partial charge in [-0.1, -0.05) is 0 Å². The topological polar surface area (TPSA) is 54.7 Å². The van der Waals surface area contributed by atoms with Crippen LogP contribution in [0.1, 0.15) is 11.3 Å². The molecule has 0 atom stereocenters. The van der Waals surface area contributed by atoms with Gasteiger partial charge in [-0.05, 0) is 33.6 Å². The van der Waals surface area contributed by atoms with Crippen molar-refractivity contribution in [2.45, 2.75) is 19.3 Å². The standard InChI is InChI=1S/C17H21BrF3N5O/c1-22-16(26(3)10-14-7-13(18)9-25(14)2)24-8-12-4-5-23-15(6-12)27-11-17(19,20)21/h4-7,9H,8,10-11H2,1-3H3,(H,22,24). The molecule has 2 heterocycles. The van der Waals surface area contributed by atoms with E-state index in [1.807, 2.05) is 35.8 Å². The van der Waals surface area contributed by atoms with Crippen LogP contribution in [0.15, 0.2) is 40.1 Å². The van der Waals surface area contributed by atoms with Crippen LogP contribution in [0.3, 0.4) is 0 Å². The van der Waals surface area contributed by atoms with Crippen LogP contribution in [0.2, 0.25) is 0 Å². The molecule has 2 aromatic heterocycles. The molecule has 0 aliphatic carbocycles. The predicted octanol–water partition coefficient (Wildman–Crippen LogP) is 3.33. The van der Waals surface area contributed by atoms with Crippen LogP contribution in [0.5, 0.6) is 5.88 Å². The summed E-state index contributed by atoms with van der Waals surface area (Å²) < 4.78 is 44.4. The number of nitrogens with one attached hydrogen (secondary N) is 1. The van der Waals surface area contributed by atoms with E-state index in [0.29, 0.717) is 19.0 Å². The Balaban J connectivity index is 1.94. The molecule has 0 radical (unpaired) electrons. The summed E-state index contributed by atoms with van der Waals surface area (Å²) in [4.78, 5) is 9.98. The number of aromatic nitrogens is 2. The van der Waals surface area contributed by atoms with Crippen molar-refractivity contribution in [3.05, 3.63) is 46.3 Å². The van der Waals surface area contributed by atoms with E-state index in [1.165, 1.54) is 12.3 Å². The fourth-order valence-corrected chi connectivity index (χ4v) is 2.97. The van der Waals surface area contributed by atoms with Gasteiger partial charge in [0.15, 0.2) is 12.6 Å². The number of aliphatic imine (C=N–C) groups is 1. The molecule has 0 spiro atoms. The van der Waals surface area contributed by atoms with Gasteiger partial charge in [0.05, 0.1) is 6.54 Å². The third kappa shape index (κ3) is 6.78. The third-order valence-electron chi connectivity index (χ3n) is 3.68. The molecule has 0 saturated carbocycles. The summed E-state index contributed by atoms with van der Waals surface area (Å²) >= 11 is 3.45. The van der Waals surface area contributed by atoms with Crippen molar-refractivity contribution in [3.8, 4) is 5.88 Å². The van der Waals surface area contributed by atoms with Gasteiger partial charge in [0.2, 0.25) is 5.88 Å². The largest absolute Gasteiger partial charge is 0.468 e. The summed E-state index contributed by atoms with van der Waals surface area (Å²) in [5, 5.41) is 3.18. The molecule has 27 heavy (non-hydrogen) atoms. The second-order valence-corrected chi connectivity index (χ2v) is 6.84. The lowest BCUT2D eigenvalue weighted by molar-refractivity contribution is -0.154. The molecule has 6 nitrogen and oxygen atoms in total. The average molecular weight is 448 g/mol. The molecule has 0 bridgehead atoms. The monoisotopic (exact) mass is 447 g/mol. The lowest BCUT2D eigenvalue weighted by atomic mass is 10.2. The predicted molar refractivity (Wildman–Crippen MR) is 101 cm³/mol. The minimum absolute atomic E-state index is 0.0661. The van der Waals surface area contributed by atoms with Crippen LogP contribution < -0.4 is 10.1 Å². The second-order valence-electron chi connectivity index (χ2n) is 5.92. The number of aryl methyl sites for hydroxylation is 1. The zero-order valence-electron chi connectivity index (χ0n) is 15.2. The highest BCUT2D eigenvalue weighted by molar-refractivity contribution is 9.10. The first-order valence-electron chi connectivity index (χ1n) is 8.05. The molecule has 0 unspecified atom stereocenters. The van der Waals surface area contributed by atoms with Crippen molar-refractivity contribution >= 4 is 21.9 Å². The number of rotatable bonds is 6. The van der Waals surface area contributed by atoms with E-state index in [4.69, 9.17) is 0 Å². The van der Waals surface area contributed by atoms with Gasteiger partial charge in [-0.3, -0.25) is 4.99 Å². The van der Waals surface area contributed by atoms with Crippen molar-refractivity contribution in [2.75, 3.05) is 20.7 Å². The fourth-order valence-electron chi connectivity index (χ4n) is 2.40. The zero-order valence-corrected chi connectivity index (χ0v) is 16.8. The number of guanidine groups is 1. The molecular weight excluding hydrogens is 427 g/mol. The number of halogens is 4. The van der Waals surface area contributed by atoms with Crippen LogP contribution in [0.4, 0.5) is 13.2 Å². The van der Waals surface area contributed by atoms with E-state index in [1.54, 1.807) is 13.1 Å². The second kappa shape index (κ2) is 9.12. The molecule has 0 saturated heterocycles. The summed E-state index contributed by atoms with van der Waals surface area (Å²) in [6, 6.07) is 5.20. The first-order chi connectivity index (χ1) is 12.7. The van der Waals surface area contributed by atoms with Gasteiger partial charge in [-0.15, -0.1) is 0 Å². The number of hydrogen-bond donors (Lipinski definition) is 1. The SMILES string of the molecule is CN=C(NCc1ccnc(OCC(F)(F)F)c1)N(C)Cc1cc(Br)cn1C. The first kappa shape index (κ1) is 21.1. The van der Waals surface area contributed by atoms with Crippen LogP contribution in [0, 0.1) is 0 Å². The maximum absolute atomic E-state index is 12.2. The maximum Gasteiger partial charge on any atom is 0.422 e. The van der Waals surface area contributed by atoms with Crippen molar-refractivity contribution in [1.82, 2.24) is 19.8 Å². The highest BCUT2D eigenvalue weighted by Crippen LogP contribution is 2.18. The van der Waals surface area contributed by atoms with E-state index in [9.17, 15) is 13.2 Å². The molecular formula is C17H21BrF3N5O. The molecule has 0 aromatic carbocycles. The van der Waals surface area contributed by atoms with Crippen LogP contribution >= 0.6 is 15.9 Å². The average Bonchev–Trinajstić information content (AvgIpc) is 2.90. The van der Waals surface area contributed by atoms with Gasteiger partial charge in [-0.25, -0.2) is 4.98 Å². The van der Waals surface area contributed by atoms with Crippen molar-refractivity contribution in [1.29, 1.82) is 0 Å². The van der Waals surface area contributed by atoms with E-state index < -0.39 is 12.8 Å². The summed E-state index contributed by atoms with van der Waals surface area (Å²) in [6.45, 7) is -0.357. The van der Waals surface area contributed by atoms with Crippen molar-refractivity contribution in [3.63, 3.8) is 0 Å². The summed E-state index contributed by atoms with van der Waals surface area (Å²) in [7, 11) is 5.54. The molecule has 10 heteroatoms. The smallest absolute Gasteiger partial charge is 0.422 e. The van der Waals surface area contributed by atoms with Gasteiger partial charge < -0.3 is 19.5 Å². The Morgan fingerprint density at radius 1 is 1.41 bits per heavy atom. The maximum atomic E-state index is 12.2. The Bertz CT molecular complexity index is 791. The number of hydrogen-bond acceptors (Lipinski definition) is 3. The highest BCUT2D eigenvalue weighted by Gasteiger charge is 2.28. The molecule has 2 aromatic rings. The number of pyridine rings is 1. The fraction of sp³-hybridized carbons (Fsp3) is 0.412. The van der Waals surface area contributed by atoms with Gasteiger partial charge in [-0.2, -0.15) is 13.2 Å². The zero-order chi connectivity index (χ0) is 20.0. The molecule has 2 rings (SSSR count). The summed E-state index contributed by atoms with van der Waals surface area (Å²) in [5.74, 6) is 0.588. The van der Waals surface area contributed by atoms with E-state index >= 15 is 0 Å². The highest BCUT2D eigenvalue weighted by atomic mass is 79.9. The Morgan fingerprint density at radius 2 is 2.15 bits per heavy atom. The van der Waals surface area contributed by atoms with E-state index in [-0.39, 0.29) is 5.88 Å². The molecule has 0 aliphatic rings.